The van der Waals surface area contributed by atoms with Crippen LogP contribution in [0.1, 0.15) is 21.5 Å². The summed E-state index contributed by atoms with van der Waals surface area (Å²) in [7, 11) is 1.00. The molecule has 2 aromatic carbocycles. The number of aromatic carboxylic acids is 1. The maximum atomic E-state index is 13.7. The molecule has 0 fully saturated rings. The topological polar surface area (TPSA) is 55.8 Å². The van der Waals surface area contributed by atoms with Crippen LogP contribution in [0.15, 0.2) is 24.3 Å². The van der Waals surface area contributed by atoms with Gasteiger partial charge in [0.1, 0.15) is 11.3 Å². The summed E-state index contributed by atoms with van der Waals surface area (Å²) in [5.41, 5.74) is -1.90. The molecule has 0 spiro atoms. The van der Waals surface area contributed by atoms with E-state index in [0.29, 0.717) is 18.2 Å². The second kappa shape index (κ2) is 6.58. The van der Waals surface area contributed by atoms with Gasteiger partial charge in [-0.15, -0.1) is 0 Å². The van der Waals surface area contributed by atoms with E-state index in [1.807, 2.05) is 0 Å². The second-order valence-electron chi connectivity index (χ2n) is 4.96. The molecule has 0 aliphatic rings. The lowest BCUT2D eigenvalue weighted by Crippen LogP contribution is -2.10. The molecule has 9 heteroatoms. The van der Waals surface area contributed by atoms with Crippen LogP contribution in [-0.4, -0.2) is 18.2 Å². The van der Waals surface area contributed by atoms with Gasteiger partial charge in [-0.1, -0.05) is 0 Å². The van der Waals surface area contributed by atoms with Gasteiger partial charge in [-0.3, -0.25) is 0 Å². The van der Waals surface area contributed by atoms with E-state index in [2.05, 4.69) is 4.74 Å². The lowest BCUT2D eigenvalue weighted by Gasteiger charge is -2.16. The molecule has 25 heavy (non-hydrogen) atoms. The van der Waals surface area contributed by atoms with E-state index >= 15 is 0 Å². The van der Waals surface area contributed by atoms with E-state index in [1.165, 1.54) is 0 Å². The van der Waals surface area contributed by atoms with Crippen LogP contribution >= 0.6 is 0 Å². The minimum atomic E-state index is -4.75. The summed E-state index contributed by atoms with van der Waals surface area (Å²) in [5.74, 6) is -6.07. The van der Waals surface area contributed by atoms with E-state index in [-0.39, 0.29) is 5.56 Å². The molecule has 0 atom stereocenters. The minimum Gasteiger partial charge on any atom is -0.490 e. The van der Waals surface area contributed by atoms with Crippen molar-refractivity contribution >= 4 is 5.97 Å². The quantitative estimate of drug-likeness (QED) is 0.795. The third-order valence-corrected chi connectivity index (χ3v) is 3.28. The number of carboxylic acids is 1. The zero-order valence-corrected chi connectivity index (χ0v) is 12.9. The standard InChI is InChI=1S/C16H11F5O4/c1-7-5-8(16(19,20)21)6-11(12(7)15(22)23)25-10-4-3-9(17)13(18)14(10)24-2/h3-6H,1-2H3,(H,22,23). The lowest BCUT2D eigenvalue weighted by atomic mass is 10.0. The van der Waals surface area contributed by atoms with Crippen LogP contribution in [0.4, 0.5) is 22.0 Å². The summed E-state index contributed by atoms with van der Waals surface area (Å²) in [4.78, 5) is 11.3. The Hall–Kier alpha value is -2.84. The van der Waals surface area contributed by atoms with Crippen LogP contribution in [0.5, 0.6) is 17.2 Å². The fourth-order valence-corrected chi connectivity index (χ4v) is 2.18. The number of carboxylic acid groups (broad SMARTS) is 1. The van der Waals surface area contributed by atoms with Crippen molar-refractivity contribution in [2.75, 3.05) is 7.11 Å². The number of hydrogen-bond donors (Lipinski definition) is 1. The number of ether oxygens (including phenoxy) is 2. The van der Waals surface area contributed by atoms with E-state index in [9.17, 15) is 31.9 Å². The van der Waals surface area contributed by atoms with Gasteiger partial charge in [-0.2, -0.15) is 17.6 Å². The van der Waals surface area contributed by atoms with Gasteiger partial charge < -0.3 is 14.6 Å². The Morgan fingerprint density at radius 3 is 2.28 bits per heavy atom. The third-order valence-electron chi connectivity index (χ3n) is 3.28. The molecule has 0 amide bonds. The number of benzene rings is 2. The molecule has 0 heterocycles. The first-order valence-electron chi connectivity index (χ1n) is 6.71. The lowest BCUT2D eigenvalue weighted by molar-refractivity contribution is -0.137. The highest BCUT2D eigenvalue weighted by Gasteiger charge is 2.33. The second-order valence-corrected chi connectivity index (χ2v) is 4.96. The Morgan fingerprint density at radius 1 is 1.12 bits per heavy atom. The molecule has 0 aromatic heterocycles. The van der Waals surface area contributed by atoms with Crippen molar-refractivity contribution < 1.29 is 41.3 Å². The zero-order chi connectivity index (χ0) is 18.9. The van der Waals surface area contributed by atoms with Crippen LogP contribution in [0.2, 0.25) is 0 Å². The maximum absolute atomic E-state index is 13.7. The molecule has 134 valence electrons. The van der Waals surface area contributed by atoms with Crippen molar-refractivity contribution in [3.63, 3.8) is 0 Å². The van der Waals surface area contributed by atoms with Gasteiger partial charge in [0, 0.05) is 0 Å². The fraction of sp³-hybridized carbons (Fsp3) is 0.188. The first-order chi connectivity index (χ1) is 11.6. The zero-order valence-electron chi connectivity index (χ0n) is 12.9. The fourth-order valence-electron chi connectivity index (χ4n) is 2.18. The van der Waals surface area contributed by atoms with Gasteiger partial charge in [-0.05, 0) is 36.8 Å². The van der Waals surface area contributed by atoms with Crippen LogP contribution < -0.4 is 9.47 Å². The Labute approximate surface area is 138 Å². The van der Waals surface area contributed by atoms with Gasteiger partial charge in [0.15, 0.2) is 11.6 Å². The Bertz CT molecular complexity index is 830. The number of aryl methyl sites for hydroxylation is 1. The van der Waals surface area contributed by atoms with Crippen LogP contribution in [0.3, 0.4) is 0 Å². The number of alkyl halides is 3. The normalized spacial score (nSPS) is 11.3. The number of carbonyl (C=O) groups is 1. The Kier molecular flexibility index (Phi) is 4.87. The third kappa shape index (κ3) is 3.65. The summed E-state index contributed by atoms with van der Waals surface area (Å²) in [5, 5.41) is 9.22. The first kappa shape index (κ1) is 18.5. The predicted molar refractivity (Wildman–Crippen MR) is 76.1 cm³/mol. The highest BCUT2D eigenvalue weighted by Crippen LogP contribution is 2.40. The molecular weight excluding hydrogens is 351 g/mol. The highest BCUT2D eigenvalue weighted by atomic mass is 19.4. The average molecular weight is 362 g/mol. The average Bonchev–Trinajstić information content (AvgIpc) is 2.49. The van der Waals surface area contributed by atoms with Crippen LogP contribution in [-0.2, 0) is 6.18 Å². The van der Waals surface area contributed by atoms with Crippen molar-refractivity contribution in [3.05, 3.63) is 52.6 Å². The van der Waals surface area contributed by atoms with Gasteiger partial charge in [0.25, 0.3) is 0 Å². The van der Waals surface area contributed by atoms with E-state index in [1.54, 1.807) is 0 Å². The van der Waals surface area contributed by atoms with Crippen molar-refractivity contribution in [3.8, 4) is 17.2 Å². The summed E-state index contributed by atoms with van der Waals surface area (Å²) in [6.07, 6.45) is -4.75. The van der Waals surface area contributed by atoms with E-state index < -0.39 is 52.2 Å². The van der Waals surface area contributed by atoms with Crippen molar-refractivity contribution in [1.29, 1.82) is 0 Å². The number of methoxy groups -OCH3 is 1. The summed E-state index contributed by atoms with van der Waals surface area (Å²) in [6, 6.07) is 2.71. The van der Waals surface area contributed by atoms with E-state index in [0.717, 1.165) is 20.1 Å². The molecule has 0 radical (unpaired) electrons. The molecule has 2 rings (SSSR count). The summed E-state index contributed by atoms with van der Waals surface area (Å²) < 4.78 is 75.5. The maximum Gasteiger partial charge on any atom is 0.416 e. The smallest absolute Gasteiger partial charge is 0.416 e. The molecule has 0 unspecified atom stereocenters. The molecule has 1 N–H and O–H groups in total. The van der Waals surface area contributed by atoms with Gasteiger partial charge in [0.2, 0.25) is 11.6 Å². The molecule has 0 saturated carbocycles. The van der Waals surface area contributed by atoms with Crippen molar-refractivity contribution in [2.45, 2.75) is 13.1 Å². The Balaban J connectivity index is 2.65. The van der Waals surface area contributed by atoms with E-state index in [4.69, 9.17) is 4.74 Å². The molecule has 2 aromatic rings. The molecular formula is C16H11F5O4. The van der Waals surface area contributed by atoms with Crippen molar-refractivity contribution in [2.24, 2.45) is 0 Å². The number of hydrogen-bond acceptors (Lipinski definition) is 3. The van der Waals surface area contributed by atoms with Gasteiger partial charge in [0.05, 0.1) is 12.7 Å². The highest BCUT2D eigenvalue weighted by molar-refractivity contribution is 5.93. The SMILES string of the molecule is COc1c(Oc2cc(C(F)(F)F)cc(C)c2C(=O)O)ccc(F)c1F. The largest absolute Gasteiger partial charge is 0.490 e. The molecule has 4 nitrogen and oxygen atoms in total. The van der Waals surface area contributed by atoms with Crippen LogP contribution in [0.25, 0.3) is 0 Å². The molecule has 0 aliphatic carbocycles. The van der Waals surface area contributed by atoms with Crippen molar-refractivity contribution in [1.82, 2.24) is 0 Å². The predicted octanol–water partition coefficient (Wildman–Crippen LogP) is 4.79. The Morgan fingerprint density at radius 2 is 1.76 bits per heavy atom. The molecule has 0 aliphatic heterocycles. The van der Waals surface area contributed by atoms with Gasteiger partial charge in [-0.25, -0.2) is 9.18 Å². The number of rotatable bonds is 4. The monoisotopic (exact) mass is 362 g/mol. The molecule has 0 bridgehead atoms. The van der Waals surface area contributed by atoms with Crippen LogP contribution in [0, 0.1) is 18.6 Å². The number of halogens is 5. The van der Waals surface area contributed by atoms with Gasteiger partial charge >= 0.3 is 12.1 Å². The first-order valence-corrected chi connectivity index (χ1v) is 6.71. The minimum absolute atomic E-state index is 0.209. The molecule has 0 saturated heterocycles. The summed E-state index contributed by atoms with van der Waals surface area (Å²) >= 11 is 0. The summed E-state index contributed by atoms with van der Waals surface area (Å²) in [6.45, 7) is 1.16.